The van der Waals surface area contributed by atoms with Gasteiger partial charge in [0.15, 0.2) is 0 Å². The predicted octanol–water partition coefficient (Wildman–Crippen LogP) is 12.7. The standard InChI is InChI=1S/C43H50N2O6/c1-2-3-4-5-6-7-32-8-10-33(11-9-32)34-28-30-43(31-29-34,35-12-20-39(21-13-35)50-41-24-16-37(17-25-41)44(46)47)36-14-22-40(23-15-36)51-42-26-18-38(19-27-42)45(48)49/h12-27,32-34H,2-11,28-31H2,1H3/t32-,33+. The van der Waals surface area contributed by atoms with Gasteiger partial charge in [-0.15, -0.1) is 0 Å². The molecule has 0 radical (unpaired) electrons. The summed E-state index contributed by atoms with van der Waals surface area (Å²) in [7, 11) is 0. The molecule has 2 saturated carbocycles. The third kappa shape index (κ3) is 9.15. The summed E-state index contributed by atoms with van der Waals surface area (Å²) in [5.41, 5.74) is 2.43. The highest BCUT2D eigenvalue weighted by atomic mass is 16.6. The first kappa shape index (κ1) is 36.1. The molecule has 0 bridgehead atoms. The Morgan fingerprint density at radius 2 is 0.941 bits per heavy atom. The van der Waals surface area contributed by atoms with Gasteiger partial charge in [0.25, 0.3) is 11.4 Å². The van der Waals surface area contributed by atoms with Crippen LogP contribution in [0.25, 0.3) is 0 Å². The van der Waals surface area contributed by atoms with E-state index in [9.17, 15) is 20.2 Å². The maximum absolute atomic E-state index is 11.1. The molecule has 8 heteroatoms. The smallest absolute Gasteiger partial charge is 0.269 e. The number of hydrogen-bond donors (Lipinski definition) is 0. The lowest BCUT2D eigenvalue weighted by atomic mass is 9.60. The van der Waals surface area contributed by atoms with Gasteiger partial charge in [-0.05, 0) is 116 Å². The van der Waals surface area contributed by atoms with Crippen molar-refractivity contribution >= 4 is 11.4 Å². The highest BCUT2D eigenvalue weighted by Gasteiger charge is 2.41. The fraction of sp³-hybridized carbons (Fsp3) is 0.442. The monoisotopic (exact) mass is 690 g/mol. The van der Waals surface area contributed by atoms with Gasteiger partial charge in [-0.3, -0.25) is 20.2 Å². The summed E-state index contributed by atoms with van der Waals surface area (Å²) in [6.45, 7) is 2.28. The average Bonchev–Trinajstić information content (AvgIpc) is 3.16. The molecule has 8 nitrogen and oxygen atoms in total. The molecule has 0 aromatic heterocycles. The van der Waals surface area contributed by atoms with E-state index in [1.54, 1.807) is 24.3 Å². The second kappa shape index (κ2) is 17.0. The molecule has 4 aromatic carbocycles. The minimum Gasteiger partial charge on any atom is -0.457 e. The molecule has 0 saturated heterocycles. The van der Waals surface area contributed by atoms with E-state index in [1.165, 1.54) is 112 Å². The molecule has 0 unspecified atom stereocenters. The molecule has 0 N–H and O–H groups in total. The van der Waals surface area contributed by atoms with Gasteiger partial charge < -0.3 is 9.47 Å². The van der Waals surface area contributed by atoms with Crippen LogP contribution in [-0.2, 0) is 5.41 Å². The van der Waals surface area contributed by atoms with Crippen molar-refractivity contribution in [3.8, 4) is 23.0 Å². The number of rotatable bonds is 15. The van der Waals surface area contributed by atoms with Crippen LogP contribution in [0.2, 0.25) is 0 Å². The number of hydrogen-bond acceptors (Lipinski definition) is 6. The number of nitro benzene ring substituents is 2. The fourth-order valence-corrected chi connectivity index (χ4v) is 8.56. The zero-order valence-electron chi connectivity index (χ0n) is 29.7. The molecule has 51 heavy (non-hydrogen) atoms. The molecule has 2 fully saturated rings. The zero-order chi connectivity index (χ0) is 35.6. The molecule has 2 aliphatic rings. The Morgan fingerprint density at radius 1 is 0.549 bits per heavy atom. The second-order valence-corrected chi connectivity index (χ2v) is 14.7. The van der Waals surface area contributed by atoms with Crippen LogP contribution in [-0.4, -0.2) is 9.85 Å². The molecule has 6 rings (SSSR count). The number of unbranched alkanes of at least 4 members (excludes halogenated alkanes) is 4. The van der Waals surface area contributed by atoms with Gasteiger partial charge in [0.1, 0.15) is 23.0 Å². The average molecular weight is 691 g/mol. The minimum absolute atomic E-state index is 0.0326. The van der Waals surface area contributed by atoms with Crippen molar-refractivity contribution in [1.29, 1.82) is 0 Å². The number of benzene rings is 4. The molecule has 0 heterocycles. The molecule has 0 amide bonds. The lowest BCUT2D eigenvalue weighted by molar-refractivity contribution is -0.385. The van der Waals surface area contributed by atoms with Crippen LogP contribution in [0.1, 0.15) is 108 Å². The molecule has 268 valence electrons. The van der Waals surface area contributed by atoms with Crippen molar-refractivity contribution in [2.45, 2.75) is 102 Å². The zero-order valence-corrected chi connectivity index (χ0v) is 29.7. The number of ether oxygens (including phenoxy) is 2. The summed E-state index contributed by atoms with van der Waals surface area (Å²) in [5, 5.41) is 22.1. The summed E-state index contributed by atoms with van der Waals surface area (Å²) in [5.74, 6) is 4.99. The van der Waals surface area contributed by atoms with Crippen molar-refractivity contribution in [1.82, 2.24) is 0 Å². The van der Waals surface area contributed by atoms with Gasteiger partial charge in [0.2, 0.25) is 0 Å². The van der Waals surface area contributed by atoms with Gasteiger partial charge in [0, 0.05) is 29.7 Å². The SMILES string of the molecule is CCCCCCC[C@H]1CC[C@@H](C2CCC(c3ccc(Oc4ccc([N+](=O)[O-])cc4)cc3)(c3ccc(Oc4ccc([N+](=O)[O-])cc4)cc3)CC2)CC1. The molecule has 0 atom stereocenters. The Bertz CT molecular complexity index is 1600. The second-order valence-electron chi connectivity index (χ2n) is 14.7. The van der Waals surface area contributed by atoms with E-state index in [0.717, 1.165) is 30.6 Å². The van der Waals surface area contributed by atoms with Crippen LogP contribution in [0.5, 0.6) is 23.0 Å². The molecule has 0 spiro atoms. The van der Waals surface area contributed by atoms with E-state index < -0.39 is 9.85 Å². The third-order valence-corrected chi connectivity index (χ3v) is 11.5. The number of nitrogens with zero attached hydrogens (tertiary/aromatic N) is 2. The Morgan fingerprint density at radius 3 is 1.35 bits per heavy atom. The van der Waals surface area contributed by atoms with Gasteiger partial charge in [-0.1, -0.05) is 82.6 Å². The summed E-state index contributed by atoms with van der Waals surface area (Å²) in [6, 6.07) is 29.0. The summed E-state index contributed by atoms with van der Waals surface area (Å²) >= 11 is 0. The van der Waals surface area contributed by atoms with Gasteiger partial charge in [0.05, 0.1) is 9.85 Å². The summed E-state index contributed by atoms with van der Waals surface area (Å²) in [6.07, 6.45) is 18.4. The van der Waals surface area contributed by atoms with E-state index in [-0.39, 0.29) is 16.8 Å². The van der Waals surface area contributed by atoms with Gasteiger partial charge in [-0.2, -0.15) is 0 Å². The first-order valence-electron chi connectivity index (χ1n) is 18.9. The number of nitro groups is 2. The van der Waals surface area contributed by atoms with E-state index >= 15 is 0 Å². The van der Waals surface area contributed by atoms with Crippen molar-refractivity contribution in [2.24, 2.45) is 17.8 Å². The summed E-state index contributed by atoms with van der Waals surface area (Å²) < 4.78 is 12.1. The van der Waals surface area contributed by atoms with Crippen LogP contribution >= 0.6 is 0 Å². The maximum Gasteiger partial charge on any atom is 0.269 e. The van der Waals surface area contributed by atoms with Crippen LogP contribution in [0.3, 0.4) is 0 Å². The Labute approximate surface area is 301 Å². The van der Waals surface area contributed by atoms with Crippen LogP contribution in [0.15, 0.2) is 97.1 Å². The molecular formula is C43H50N2O6. The highest BCUT2D eigenvalue weighted by Crippen LogP contribution is 2.51. The Kier molecular flexibility index (Phi) is 12.0. The maximum atomic E-state index is 11.1. The minimum atomic E-state index is -0.414. The normalized spacial score (nSPS) is 18.9. The Hall–Kier alpha value is -4.72. The lowest BCUT2D eigenvalue weighted by Crippen LogP contribution is -2.35. The predicted molar refractivity (Wildman–Crippen MR) is 201 cm³/mol. The van der Waals surface area contributed by atoms with E-state index in [4.69, 9.17) is 9.47 Å². The van der Waals surface area contributed by atoms with Crippen molar-refractivity contribution < 1.29 is 19.3 Å². The van der Waals surface area contributed by atoms with Crippen molar-refractivity contribution in [2.75, 3.05) is 0 Å². The topological polar surface area (TPSA) is 105 Å². The van der Waals surface area contributed by atoms with Crippen LogP contribution < -0.4 is 9.47 Å². The largest absolute Gasteiger partial charge is 0.457 e. The Balaban J connectivity index is 1.15. The number of non-ortho nitro benzene ring substituents is 2. The third-order valence-electron chi connectivity index (χ3n) is 11.5. The summed E-state index contributed by atoms with van der Waals surface area (Å²) in [4.78, 5) is 21.3. The van der Waals surface area contributed by atoms with Gasteiger partial charge >= 0.3 is 0 Å². The van der Waals surface area contributed by atoms with E-state index in [1.807, 2.05) is 24.3 Å². The molecule has 4 aromatic rings. The van der Waals surface area contributed by atoms with E-state index in [0.29, 0.717) is 23.0 Å². The van der Waals surface area contributed by atoms with Crippen molar-refractivity contribution in [3.05, 3.63) is 128 Å². The van der Waals surface area contributed by atoms with E-state index in [2.05, 4.69) is 31.2 Å². The lowest BCUT2D eigenvalue weighted by Gasteiger charge is -2.44. The molecular weight excluding hydrogens is 640 g/mol. The molecule has 0 aliphatic heterocycles. The van der Waals surface area contributed by atoms with Crippen LogP contribution in [0, 0.1) is 38.0 Å². The van der Waals surface area contributed by atoms with Gasteiger partial charge in [-0.25, -0.2) is 0 Å². The first-order chi connectivity index (χ1) is 24.8. The van der Waals surface area contributed by atoms with Crippen LogP contribution in [0.4, 0.5) is 11.4 Å². The fourth-order valence-electron chi connectivity index (χ4n) is 8.56. The molecule has 2 aliphatic carbocycles. The van der Waals surface area contributed by atoms with Crippen molar-refractivity contribution in [3.63, 3.8) is 0 Å². The first-order valence-corrected chi connectivity index (χ1v) is 18.9. The highest BCUT2D eigenvalue weighted by molar-refractivity contribution is 5.46. The quantitative estimate of drug-likeness (QED) is 0.0698.